The Hall–Kier alpha value is -2.80. The Balaban J connectivity index is 1.89. The number of hydrogen-bond donors (Lipinski definition) is 2. The summed E-state index contributed by atoms with van der Waals surface area (Å²) >= 11 is 5.86. The predicted octanol–water partition coefficient (Wildman–Crippen LogP) is 3.66. The molecule has 0 aliphatic heterocycles. The molecule has 0 saturated carbocycles. The quantitative estimate of drug-likeness (QED) is 0.551. The molecule has 156 valence electrons. The predicted molar refractivity (Wildman–Crippen MR) is 94.3 cm³/mol. The van der Waals surface area contributed by atoms with Gasteiger partial charge in [0.2, 0.25) is 11.7 Å². The number of sulfonamides is 1. The van der Waals surface area contributed by atoms with Crippen molar-refractivity contribution in [2.75, 3.05) is 11.8 Å². The lowest BCUT2D eigenvalue weighted by molar-refractivity contribution is -0.236. The molecule has 0 aliphatic carbocycles. The van der Waals surface area contributed by atoms with Crippen molar-refractivity contribution in [2.24, 2.45) is 0 Å². The summed E-state index contributed by atoms with van der Waals surface area (Å²) in [6, 6.07) is 4.51. The Labute approximate surface area is 165 Å². The van der Waals surface area contributed by atoms with E-state index in [0.717, 1.165) is 7.11 Å². The van der Waals surface area contributed by atoms with Gasteiger partial charge in [0.1, 0.15) is 4.90 Å². The van der Waals surface area contributed by atoms with E-state index in [4.69, 9.17) is 16.3 Å². The molecule has 0 bridgehead atoms. The summed E-state index contributed by atoms with van der Waals surface area (Å²) in [4.78, 5) is 9.75. The third-order valence-corrected chi connectivity index (χ3v) is 5.13. The number of anilines is 1. The SMILES string of the molecule is COc1nc(NS(=O)(=O)c2c[nH]c3cc(Cl)ccc23)ncc1OC(F)C(F)(F)F. The molecule has 3 rings (SSSR count). The van der Waals surface area contributed by atoms with Gasteiger partial charge in [-0.25, -0.2) is 18.1 Å². The number of alkyl halides is 4. The van der Waals surface area contributed by atoms with Gasteiger partial charge in [-0.15, -0.1) is 0 Å². The molecular formula is C15H11ClF4N4O4S. The van der Waals surface area contributed by atoms with Crippen molar-refractivity contribution < 1.29 is 35.5 Å². The molecule has 0 radical (unpaired) electrons. The highest BCUT2D eigenvalue weighted by Crippen LogP contribution is 2.32. The van der Waals surface area contributed by atoms with E-state index in [1.54, 1.807) is 0 Å². The Bertz CT molecular complexity index is 1150. The largest absolute Gasteiger partial charge is 0.478 e. The normalized spacial score (nSPS) is 13.3. The van der Waals surface area contributed by atoms with Crippen molar-refractivity contribution in [3.8, 4) is 11.6 Å². The zero-order valence-electron chi connectivity index (χ0n) is 14.3. The summed E-state index contributed by atoms with van der Waals surface area (Å²) < 4.78 is 86.1. The highest BCUT2D eigenvalue weighted by Gasteiger charge is 2.43. The summed E-state index contributed by atoms with van der Waals surface area (Å²) in [5.74, 6) is -1.89. The summed E-state index contributed by atoms with van der Waals surface area (Å²) in [5.41, 5.74) is 0.460. The summed E-state index contributed by atoms with van der Waals surface area (Å²) in [6.45, 7) is 0. The number of H-pyrrole nitrogens is 1. The van der Waals surface area contributed by atoms with Crippen LogP contribution >= 0.6 is 11.6 Å². The van der Waals surface area contributed by atoms with Crippen LogP contribution < -0.4 is 14.2 Å². The molecule has 1 aromatic carbocycles. The van der Waals surface area contributed by atoms with Crippen LogP contribution in [0.1, 0.15) is 0 Å². The molecule has 0 amide bonds. The summed E-state index contributed by atoms with van der Waals surface area (Å²) in [7, 11) is -3.17. The first-order valence-electron chi connectivity index (χ1n) is 7.59. The van der Waals surface area contributed by atoms with E-state index in [9.17, 15) is 26.0 Å². The van der Waals surface area contributed by atoms with Crippen molar-refractivity contribution in [3.05, 3.63) is 35.6 Å². The molecule has 2 heterocycles. The number of rotatable bonds is 6. The van der Waals surface area contributed by atoms with Gasteiger partial charge in [0.15, 0.2) is 0 Å². The number of halogens is 5. The number of fused-ring (bicyclic) bond motifs is 1. The van der Waals surface area contributed by atoms with Gasteiger partial charge in [0, 0.05) is 22.1 Å². The van der Waals surface area contributed by atoms with Crippen LogP contribution in [0.2, 0.25) is 5.02 Å². The molecule has 0 saturated heterocycles. The number of hydrogen-bond acceptors (Lipinski definition) is 6. The van der Waals surface area contributed by atoms with Crippen LogP contribution in [0.4, 0.5) is 23.5 Å². The molecule has 0 fully saturated rings. The number of nitrogens with one attached hydrogen (secondary N) is 2. The van der Waals surface area contributed by atoms with Gasteiger partial charge < -0.3 is 14.5 Å². The van der Waals surface area contributed by atoms with Crippen molar-refractivity contribution >= 4 is 38.5 Å². The Kier molecular flexibility index (Phi) is 5.45. The minimum Gasteiger partial charge on any atom is -0.478 e. The van der Waals surface area contributed by atoms with Crippen LogP contribution in [-0.4, -0.2) is 43.0 Å². The van der Waals surface area contributed by atoms with Gasteiger partial charge in [-0.1, -0.05) is 11.6 Å². The van der Waals surface area contributed by atoms with Gasteiger partial charge in [0.05, 0.1) is 13.3 Å². The number of nitrogens with zero attached hydrogens (tertiary/aromatic N) is 2. The van der Waals surface area contributed by atoms with Gasteiger partial charge in [-0.05, 0) is 18.2 Å². The first-order chi connectivity index (χ1) is 13.5. The average molecular weight is 455 g/mol. The topological polar surface area (TPSA) is 106 Å². The van der Waals surface area contributed by atoms with E-state index in [-0.39, 0.29) is 4.90 Å². The van der Waals surface area contributed by atoms with Crippen LogP contribution in [0.15, 0.2) is 35.5 Å². The second-order valence-corrected chi connectivity index (χ2v) is 7.58. The molecular weight excluding hydrogens is 444 g/mol. The maximum atomic E-state index is 13.1. The molecule has 2 N–H and O–H groups in total. The molecule has 29 heavy (non-hydrogen) atoms. The minimum atomic E-state index is -5.27. The molecule has 1 unspecified atom stereocenters. The van der Waals surface area contributed by atoms with Crippen LogP contribution in [0.25, 0.3) is 10.9 Å². The summed E-state index contributed by atoms with van der Waals surface area (Å²) in [6.07, 6.45) is -7.05. The molecule has 1 atom stereocenters. The molecule has 0 spiro atoms. The summed E-state index contributed by atoms with van der Waals surface area (Å²) in [5, 5.41) is 0.726. The maximum absolute atomic E-state index is 13.1. The zero-order chi connectivity index (χ0) is 21.4. The van der Waals surface area contributed by atoms with E-state index >= 15 is 0 Å². The van der Waals surface area contributed by atoms with Crippen molar-refractivity contribution in [1.82, 2.24) is 15.0 Å². The minimum absolute atomic E-state index is 0.145. The van der Waals surface area contributed by atoms with Gasteiger partial charge >= 0.3 is 12.5 Å². The zero-order valence-corrected chi connectivity index (χ0v) is 15.9. The molecule has 2 aromatic heterocycles. The lowest BCUT2D eigenvalue weighted by atomic mass is 10.2. The fraction of sp³-hybridized carbons (Fsp3) is 0.200. The average Bonchev–Trinajstić information content (AvgIpc) is 3.05. The highest BCUT2D eigenvalue weighted by molar-refractivity contribution is 7.93. The van der Waals surface area contributed by atoms with Crippen LogP contribution in [0, 0.1) is 0 Å². The Morgan fingerprint density at radius 3 is 2.69 bits per heavy atom. The first kappa shape index (κ1) is 20.9. The van der Waals surface area contributed by atoms with Gasteiger partial charge in [-0.3, -0.25) is 0 Å². The van der Waals surface area contributed by atoms with Crippen LogP contribution in [-0.2, 0) is 10.0 Å². The first-order valence-corrected chi connectivity index (χ1v) is 9.45. The van der Waals surface area contributed by atoms with Gasteiger partial charge in [-0.2, -0.15) is 22.5 Å². The van der Waals surface area contributed by atoms with E-state index in [2.05, 4.69) is 24.4 Å². The molecule has 3 aromatic rings. The number of methoxy groups -OCH3 is 1. The van der Waals surface area contributed by atoms with Crippen LogP contribution in [0.3, 0.4) is 0 Å². The number of ether oxygens (including phenoxy) is 2. The molecule has 0 aliphatic rings. The number of aromatic amines is 1. The monoisotopic (exact) mass is 454 g/mol. The lowest BCUT2D eigenvalue weighted by Gasteiger charge is -2.15. The van der Waals surface area contributed by atoms with Crippen molar-refractivity contribution in [1.29, 1.82) is 0 Å². The number of aromatic nitrogens is 3. The smallest absolute Gasteiger partial charge is 0.457 e. The van der Waals surface area contributed by atoms with E-state index < -0.39 is 40.1 Å². The van der Waals surface area contributed by atoms with Crippen molar-refractivity contribution in [3.63, 3.8) is 0 Å². The standard InChI is InChI=1S/C15H11ClF4N4O4S/c1-27-12-10(28-13(17)15(18,19)20)5-22-14(23-12)24-29(25,26)11-6-21-9-4-7(16)2-3-8(9)11/h2-6,13,21H,1H3,(H,22,23,24). The van der Waals surface area contributed by atoms with Gasteiger partial charge in [0.25, 0.3) is 15.9 Å². The van der Waals surface area contributed by atoms with E-state index in [1.807, 2.05) is 0 Å². The van der Waals surface area contributed by atoms with Crippen molar-refractivity contribution in [2.45, 2.75) is 17.4 Å². The number of benzene rings is 1. The Morgan fingerprint density at radius 2 is 2.03 bits per heavy atom. The van der Waals surface area contributed by atoms with E-state index in [0.29, 0.717) is 22.1 Å². The third-order valence-electron chi connectivity index (χ3n) is 3.52. The molecule has 14 heteroatoms. The van der Waals surface area contributed by atoms with E-state index in [1.165, 1.54) is 24.4 Å². The third kappa shape index (κ3) is 4.45. The van der Waals surface area contributed by atoms with Crippen LogP contribution in [0.5, 0.6) is 11.6 Å². The fourth-order valence-electron chi connectivity index (χ4n) is 2.28. The maximum Gasteiger partial charge on any atom is 0.457 e. The lowest BCUT2D eigenvalue weighted by Crippen LogP contribution is -2.30. The highest BCUT2D eigenvalue weighted by atomic mass is 35.5. The fourth-order valence-corrected chi connectivity index (χ4v) is 3.58. The second-order valence-electron chi connectivity index (χ2n) is 5.49. The second kappa shape index (κ2) is 7.55. The molecule has 8 nitrogen and oxygen atoms in total. The Morgan fingerprint density at radius 1 is 1.31 bits per heavy atom.